The molecule has 4 rings (SSSR count). The maximum atomic E-state index is 13.1. The lowest BCUT2D eigenvalue weighted by Crippen LogP contribution is -2.41. The third-order valence-electron chi connectivity index (χ3n) is 5.56. The van der Waals surface area contributed by atoms with Gasteiger partial charge in [-0.05, 0) is 41.8 Å². The van der Waals surface area contributed by atoms with Crippen LogP contribution in [0.15, 0.2) is 65.8 Å². The fourth-order valence-electron chi connectivity index (χ4n) is 3.84. The highest BCUT2D eigenvalue weighted by atomic mass is 32.2. The minimum atomic E-state index is -3.38. The molecule has 2 heterocycles. The van der Waals surface area contributed by atoms with E-state index in [-0.39, 0.29) is 22.8 Å². The predicted octanol–water partition coefficient (Wildman–Crippen LogP) is 3.13. The Kier molecular flexibility index (Phi) is 5.73. The lowest BCUT2D eigenvalue weighted by atomic mass is 9.94. The number of nitrogens with zero attached hydrogens (tertiary/aromatic N) is 2. The van der Waals surface area contributed by atoms with E-state index in [0.29, 0.717) is 37.2 Å². The molecule has 0 aliphatic carbocycles. The zero-order valence-corrected chi connectivity index (χ0v) is 17.9. The van der Waals surface area contributed by atoms with Gasteiger partial charge in [0.25, 0.3) is 5.91 Å². The number of sulfone groups is 1. The first-order valence-electron chi connectivity index (χ1n) is 10.1. The summed E-state index contributed by atoms with van der Waals surface area (Å²) in [6, 6.07) is 16.4. The minimum Gasteiger partial charge on any atom is -0.339 e. The van der Waals surface area contributed by atoms with E-state index in [2.05, 4.69) is 10.3 Å². The maximum Gasteiger partial charge on any atom is 0.254 e. The number of likely N-dealkylation sites (tertiary alicyclic amines) is 1. The van der Waals surface area contributed by atoms with Gasteiger partial charge in [0.1, 0.15) is 0 Å². The van der Waals surface area contributed by atoms with E-state index in [1.54, 1.807) is 4.90 Å². The van der Waals surface area contributed by atoms with Crippen molar-refractivity contribution in [2.75, 3.05) is 24.7 Å². The van der Waals surface area contributed by atoms with Crippen molar-refractivity contribution in [1.29, 1.82) is 0 Å². The number of pyridine rings is 1. The zero-order valence-electron chi connectivity index (χ0n) is 17.1. The Balaban J connectivity index is 1.38. The smallest absolute Gasteiger partial charge is 0.254 e. The molecule has 0 saturated carbocycles. The van der Waals surface area contributed by atoms with Gasteiger partial charge in [0.15, 0.2) is 14.9 Å². The lowest BCUT2D eigenvalue weighted by molar-refractivity contribution is -0.121. The van der Waals surface area contributed by atoms with Gasteiger partial charge in [0.05, 0.1) is 11.9 Å². The van der Waals surface area contributed by atoms with Crippen LogP contribution in [0.3, 0.4) is 0 Å². The number of rotatable bonds is 4. The van der Waals surface area contributed by atoms with Crippen LogP contribution in [0, 0.1) is 5.92 Å². The highest BCUT2D eigenvalue weighted by Gasteiger charge is 2.28. The van der Waals surface area contributed by atoms with Gasteiger partial charge in [-0.1, -0.05) is 36.4 Å². The summed E-state index contributed by atoms with van der Waals surface area (Å²) in [6.07, 6.45) is 3.56. The van der Waals surface area contributed by atoms with Gasteiger partial charge in [-0.25, -0.2) is 13.4 Å². The van der Waals surface area contributed by atoms with Crippen molar-refractivity contribution < 1.29 is 18.0 Å². The van der Waals surface area contributed by atoms with Crippen LogP contribution in [0.5, 0.6) is 0 Å². The average molecular weight is 438 g/mol. The van der Waals surface area contributed by atoms with Crippen LogP contribution in [-0.4, -0.2) is 49.5 Å². The van der Waals surface area contributed by atoms with Crippen molar-refractivity contribution in [1.82, 2.24) is 9.88 Å². The van der Waals surface area contributed by atoms with Crippen molar-refractivity contribution in [3.63, 3.8) is 0 Å². The van der Waals surface area contributed by atoms with Crippen molar-refractivity contribution >= 4 is 38.1 Å². The van der Waals surface area contributed by atoms with E-state index < -0.39 is 9.84 Å². The number of benzene rings is 2. The van der Waals surface area contributed by atoms with E-state index in [1.165, 1.54) is 18.3 Å². The van der Waals surface area contributed by atoms with E-state index >= 15 is 0 Å². The van der Waals surface area contributed by atoms with E-state index in [9.17, 15) is 18.0 Å². The third kappa shape index (κ3) is 4.59. The first kappa shape index (κ1) is 21.0. The minimum absolute atomic E-state index is 0.0174. The molecule has 1 aliphatic heterocycles. The van der Waals surface area contributed by atoms with Gasteiger partial charge in [-0.2, -0.15) is 0 Å². The molecule has 0 bridgehead atoms. The fraction of sp³-hybridized carbons (Fsp3) is 0.261. The number of anilines is 1. The first-order chi connectivity index (χ1) is 14.8. The standard InChI is InChI=1S/C23H23N3O4S/c1-31(29,30)21-10-9-18(15-24-21)25-22(27)17-11-13-26(14-12-17)23(28)20-8-4-6-16-5-2-3-7-19(16)20/h2-10,15,17H,11-14H2,1H3,(H,25,27). The first-order valence-corrected chi connectivity index (χ1v) is 12.0. The van der Waals surface area contributed by atoms with Crippen molar-refractivity contribution in [2.24, 2.45) is 5.92 Å². The number of aromatic nitrogens is 1. The highest BCUT2D eigenvalue weighted by Crippen LogP contribution is 2.24. The molecule has 7 nitrogen and oxygen atoms in total. The van der Waals surface area contributed by atoms with Crippen LogP contribution in [0.2, 0.25) is 0 Å². The predicted molar refractivity (Wildman–Crippen MR) is 119 cm³/mol. The summed E-state index contributed by atoms with van der Waals surface area (Å²) in [4.78, 5) is 31.4. The molecule has 1 fully saturated rings. The van der Waals surface area contributed by atoms with Crippen LogP contribution in [0.1, 0.15) is 23.2 Å². The van der Waals surface area contributed by atoms with Gasteiger partial charge in [-0.3, -0.25) is 9.59 Å². The Morgan fingerprint density at radius 2 is 1.71 bits per heavy atom. The van der Waals surface area contributed by atoms with Gasteiger partial charge in [0, 0.05) is 30.8 Å². The topological polar surface area (TPSA) is 96.4 Å². The molecule has 2 aromatic carbocycles. The van der Waals surface area contributed by atoms with Gasteiger partial charge in [-0.15, -0.1) is 0 Å². The van der Waals surface area contributed by atoms with E-state index in [1.807, 2.05) is 42.5 Å². The van der Waals surface area contributed by atoms with E-state index in [0.717, 1.165) is 17.0 Å². The molecule has 1 aromatic heterocycles. The summed E-state index contributed by atoms with van der Waals surface area (Å²) in [6.45, 7) is 1.01. The van der Waals surface area contributed by atoms with E-state index in [4.69, 9.17) is 0 Å². The second-order valence-corrected chi connectivity index (χ2v) is 9.70. The van der Waals surface area contributed by atoms with Crippen molar-refractivity contribution in [2.45, 2.75) is 17.9 Å². The number of hydrogen-bond donors (Lipinski definition) is 1. The molecular weight excluding hydrogens is 414 g/mol. The molecule has 2 amide bonds. The highest BCUT2D eigenvalue weighted by molar-refractivity contribution is 7.90. The normalized spacial score (nSPS) is 15.1. The Bertz CT molecular complexity index is 1230. The van der Waals surface area contributed by atoms with Crippen LogP contribution < -0.4 is 5.32 Å². The zero-order chi connectivity index (χ0) is 22.0. The van der Waals surface area contributed by atoms with Crippen LogP contribution in [0.4, 0.5) is 5.69 Å². The number of hydrogen-bond acceptors (Lipinski definition) is 5. The molecule has 0 radical (unpaired) electrons. The number of carbonyl (C=O) groups is 2. The lowest BCUT2D eigenvalue weighted by Gasteiger charge is -2.31. The second kappa shape index (κ2) is 8.47. The maximum absolute atomic E-state index is 13.1. The molecule has 0 unspecified atom stereocenters. The molecule has 31 heavy (non-hydrogen) atoms. The Labute approximate surface area is 181 Å². The monoisotopic (exact) mass is 437 g/mol. The number of carbonyl (C=O) groups excluding carboxylic acids is 2. The van der Waals surface area contributed by atoms with Gasteiger partial charge in [0.2, 0.25) is 5.91 Å². The van der Waals surface area contributed by atoms with Gasteiger partial charge < -0.3 is 10.2 Å². The molecule has 0 atom stereocenters. The van der Waals surface area contributed by atoms with Crippen LogP contribution in [-0.2, 0) is 14.6 Å². The summed E-state index contributed by atoms with van der Waals surface area (Å²) in [5.74, 6) is -0.381. The summed E-state index contributed by atoms with van der Waals surface area (Å²) in [5.41, 5.74) is 1.13. The third-order valence-corrected chi connectivity index (χ3v) is 6.56. The molecular formula is C23H23N3O4S. The molecule has 1 N–H and O–H groups in total. The van der Waals surface area contributed by atoms with Crippen molar-refractivity contribution in [3.05, 3.63) is 66.4 Å². The van der Waals surface area contributed by atoms with Crippen molar-refractivity contribution in [3.8, 4) is 0 Å². The molecule has 1 aliphatic rings. The van der Waals surface area contributed by atoms with Crippen LogP contribution >= 0.6 is 0 Å². The molecule has 160 valence electrons. The number of piperidine rings is 1. The Hall–Kier alpha value is -3.26. The number of amides is 2. The summed E-state index contributed by atoms with van der Waals surface area (Å²) in [5, 5.41) is 4.71. The summed E-state index contributed by atoms with van der Waals surface area (Å²) in [7, 11) is -3.38. The Morgan fingerprint density at radius 1 is 1.00 bits per heavy atom. The van der Waals surface area contributed by atoms with Crippen LogP contribution in [0.25, 0.3) is 10.8 Å². The summed E-state index contributed by atoms with van der Waals surface area (Å²) >= 11 is 0. The SMILES string of the molecule is CS(=O)(=O)c1ccc(NC(=O)C2CCN(C(=O)c3cccc4ccccc34)CC2)cn1. The largest absolute Gasteiger partial charge is 0.339 e. The average Bonchev–Trinajstić information content (AvgIpc) is 2.78. The van der Waals surface area contributed by atoms with Gasteiger partial charge >= 0.3 is 0 Å². The molecule has 0 spiro atoms. The number of nitrogens with one attached hydrogen (secondary N) is 1. The second-order valence-electron chi connectivity index (χ2n) is 7.74. The fourth-order valence-corrected chi connectivity index (χ4v) is 4.40. The molecule has 8 heteroatoms. The number of fused-ring (bicyclic) bond motifs is 1. The molecule has 1 saturated heterocycles. The quantitative estimate of drug-likeness (QED) is 0.676. The molecule has 3 aromatic rings. The Morgan fingerprint density at radius 3 is 2.39 bits per heavy atom. The summed E-state index contributed by atoms with van der Waals surface area (Å²) < 4.78 is 23.0.